The summed E-state index contributed by atoms with van der Waals surface area (Å²) in [7, 11) is 0. The van der Waals surface area contributed by atoms with Crippen LogP contribution in [0.15, 0.2) is 24.3 Å². The van der Waals surface area contributed by atoms with E-state index in [2.05, 4.69) is 45.1 Å². The number of benzene rings is 1. The highest BCUT2D eigenvalue weighted by molar-refractivity contribution is 5.92. The van der Waals surface area contributed by atoms with Crippen molar-refractivity contribution in [2.45, 2.75) is 26.2 Å². The molecule has 20 heavy (non-hydrogen) atoms. The van der Waals surface area contributed by atoms with Crippen molar-refractivity contribution in [1.29, 1.82) is 0 Å². The predicted octanol–water partition coefficient (Wildman–Crippen LogP) is 2.74. The van der Waals surface area contributed by atoms with Crippen LogP contribution >= 0.6 is 0 Å². The van der Waals surface area contributed by atoms with Gasteiger partial charge in [-0.15, -0.1) is 5.10 Å². The highest BCUT2D eigenvalue weighted by Crippen LogP contribution is 2.22. The zero-order valence-electron chi connectivity index (χ0n) is 12.0. The first kappa shape index (κ1) is 13.3. The number of anilines is 1. The van der Waals surface area contributed by atoms with Crippen LogP contribution in [0.2, 0.25) is 0 Å². The molecule has 0 bridgehead atoms. The Kier molecular flexibility index (Phi) is 4.11. The van der Waals surface area contributed by atoms with E-state index in [4.69, 9.17) is 0 Å². The summed E-state index contributed by atoms with van der Waals surface area (Å²) in [5, 5.41) is 17.8. The summed E-state index contributed by atoms with van der Waals surface area (Å²) in [6, 6.07) is 8.32. The van der Waals surface area contributed by atoms with E-state index in [9.17, 15) is 0 Å². The normalized spacial score (nSPS) is 19.1. The molecule has 1 aromatic carbocycles. The number of hydrogen-bond donors (Lipinski definition) is 2. The van der Waals surface area contributed by atoms with E-state index in [1.54, 1.807) is 0 Å². The summed E-state index contributed by atoms with van der Waals surface area (Å²) in [4.78, 5) is 0. The lowest BCUT2D eigenvalue weighted by atomic mass is 9.96. The van der Waals surface area contributed by atoms with E-state index >= 15 is 0 Å². The molecule has 2 aromatic rings. The van der Waals surface area contributed by atoms with Crippen molar-refractivity contribution in [3.8, 4) is 0 Å². The quantitative estimate of drug-likeness (QED) is 0.897. The van der Waals surface area contributed by atoms with Crippen molar-refractivity contribution >= 4 is 16.6 Å². The van der Waals surface area contributed by atoms with Gasteiger partial charge >= 0.3 is 0 Å². The topological polar surface area (TPSA) is 49.8 Å². The first-order valence-corrected chi connectivity index (χ1v) is 7.51. The fraction of sp³-hybridized carbons (Fsp3) is 0.500. The third kappa shape index (κ3) is 2.90. The molecule has 1 saturated heterocycles. The fourth-order valence-electron chi connectivity index (χ4n) is 2.93. The van der Waals surface area contributed by atoms with Crippen LogP contribution in [0.1, 0.15) is 25.0 Å². The van der Waals surface area contributed by atoms with E-state index in [0.29, 0.717) is 0 Å². The molecule has 4 heteroatoms. The maximum Gasteiger partial charge on any atom is 0.156 e. The lowest BCUT2D eigenvalue weighted by Crippen LogP contribution is -2.30. The third-order valence-corrected chi connectivity index (χ3v) is 4.12. The van der Waals surface area contributed by atoms with Crippen molar-refractivity contribution in [2.75, 3.05) is 25.0 Å². The summed E-state index contributed by atoms with van der Waals surface area (Å²) in [6.45, 7) is 5.31. The molecule has 0 spiro atoms. The molecule has 0 aliphatic carbocycles. The second-order valence-electron chi connectivity index (χ2n) is 5.61. The van der Waals surface area contributed by atoms with Crippen LogP contribution in [0.4, 0.5) is 5.82 Å². The second-order valence-corrected chi connectivity index (χ2v) is 5.61. The zero-order chi connectivity index (χ0) is 13.8. The Bertz CT molecular complexity index is 576. The molecule has 1 aliphatic rings. The van der Waals surface area contributed by atoms with E-state index < -0.39 is 0 Å². The lowest BCUT2D eigenvalue weighted by molar-refractivity contribution is 0.364. The van der Waals surface area contributed by atoms with Crippen molar-refractivity contribution < 1.29 is 0 Å². The number of nitrogens with zero attached hydrogens (tertiary/aromatic N) is 2. The Balaban J connectivity index is 1.67. The maximum atomic E-state index is 4.31. The number of aromatic nitrogens is 2. The van der Waals surface area contributed by atoms with Crippen LogP contribution in [0.5, 0.6) is 0 Å². The zero-order valence-corrected chi connectivity index (χ0v) is 12.0. The molecule has 0 radical (unpaired) electrons. The molecule has 4 nitrogen and oxygen atoms in total. The SMILES string of the molecule is Cc1nnc(NCCC2CCCNC2)c2ccccc12. The molecule has 106 valence electrons. The van der Waals surface area contributed by atoms with E-state index in [1.165, 1.54) is 36.6 Å². The molecule has 0 saturated carbocycles. The summed E-state index contributed by atoms with van der Waals surface area (Å²) < 4.78 is 0. The molecule has 2 N–H and O–H groups in total. The van der Waals surface area contributed by atoms with Crippen LogP contribution in [0, 0.1) is 12.8 Å². The molecule has 2 heterocycles. The Hall–Kier alpha value is -1.68. The summed E-state index contributed by atoms with van der Waals surface area (Å²) in [5.41, 5.74) is 0.989. The van der Waals surface area contributed by atoms with Gasteiger partial charge in [-0.2, -0.15) is 5.10 Å². The second kappa shape index (κ2) is 6.18. The molecule has 1 aliphatic heterocycles. The maximum absolute atomic E-state index is 4.31. The first-order chi connectivity index (χ1) is 9.84. The molecule has 1 unspecified atom stereocenters. The molecule has 0 amide bonds. The van der Waals surface area contributed by atoms with Gasteiger partial charge in [0.15, 0.2) is 5.82 Å². The van der Waals surface area contributed by atoms with Gasteiger partial charge in [-0.1, -0.05) is 24.3 Å². The molecule has 1 atom stereocenters. The van der Waals surface area contributed by atoms with Crippen LogP contribution in [0.25, 0.3) is 10.8 Å². The van der Waals surface area contributed by atoms with Gasteiger partial charge in [-0.3, -0.25) is 0 Å². The largest absolute Gasteiger partial charge is 0.368 e. The Morgan fingerprint density at radius 1 is 1.25 bits per heavy atom. The van der Waals surface area contributed by atoms with Gasteiger partial charge in [0.1, 0.15) is 0 Å². The average molecular weight is 270 g/mol. The van der Waals surface area contributed by atoms with Crippen LogP contribution in [0.3, 0.4) is 0 Å². The minimum atomic E-state index is 0.793. The summed E-state index contributed by atoms with van der Waals surface area (Å²) in [6.07, 6.45) is 3.84. The van der Waals surface area contributed by atoms with E-state index in [0.717, 1.165) is 30.5 Å². The van der Waals surface area contributed by atoms with Crippen LogP contribution in [-0.4, -0.2) is 29.8 Å². The van der Waals surface area contributed by atoms with Crippen molar-refractivity contribution in [3.05, 3.63) is 30.0 Å². The van der Waals surface area contributed by atoms with Crippen LogP contribution in [-0.2, 0) is 0 Å². The smallest absolute Gasteiger partial charge is 0.156 e. The van der Waals surface area contributed by atoms with Crippen molar-refractivity contribution in [3.63, 3.8) is 0 Å². The molecule has 1 aromatic heterocycles. The minimum absolute atomic E-state index is 0.793. The van der Waals surface area contributed by atoms with Crippen molar-refractivity contribution in [1.82, 2.24) is 15.5 Å². The number of nitrogens with one attached hydrogen (secondary N) is 2. The first-order valence-electron chi connectivity index (χ1n) is 7.51. The fourth-order valence-corrected chi connectivity index (χ4v) is 2.93. The van der Waals surface area contributed by atoms with Gasteiger partial charge in [0.05, 0.1) is 5.69 Å². The molecular weight excluding hydrogens is 248 g/mol. The number of rotatable bonds is 4. The molecular formula is C16H22N4. The lowest BCUT2D eigenvalue weighted by Gasteiger charge is -2.22. The number of piperidine rings is 1. The number of hydrogen-bond acceptors (Lipinski definition) is 4. The predicted molar refractivity (Wildman–Crippen MR) is 83.0 cm³/mol. The van der Waals surface area contributed by atoms with Crippen molar-refractivity contribution in [2.24, 2.45) is 5.92 Å². The third-order valence-electron chi connectivity index (χ3n) is 4.12. The standard InChI is InChI=1S/C16H22N4/c1-12-14-6-2-3-7-15(14)16(20-19-12)18-10-8-13-5-4-9-17-11-13/h2-3,6-7,13,17H,4-5,8-11H2,1H3,(H,18,20). The van der Waals surface area contributed by atoms with Gasteiger partial charge in [-0.25, -0.2) is 0 Å². The highest BCUT2D eigenvalue weighted by atomic mass is 15.2. The minimum Gasteiger partial charge on any atom is -0.368 e. The van der Waals surface area contributed by atoms with Crippen LogP contribution < -0.4 is 10.6 Å². The molecule has 1 fully saturated rings. The Morgan fingerprint density at radius 3 is 2.90 bits per heavy atom. The van der Waals surface area contributed by atoms with Gasteiger partial charge in [0.2, 0.25) is 0 Å². The summed E-state index contributed by atoms with van der Waals surface area (Å²) in [5.74, 6) is 1.70. The molecule has 3 rings (SSSR count). The Morgan fingerprint density at radius 2 is 2.10 bits per heavy atom. The van der Waals surface area contributed by atoms with Gasteiger partial charge in [-0.05, 0) is 45.2 Å². The van der Waals surface area contributed by atoms with Gasteiger partial charge in [0, 0.05) is 17.3 Å². The van der Waals surface area contributed by atoms with Gasteiger partial charge < -0.3 is 10.6 Å². The van der Waals surface area contributed by atoms with E-state index in [1.807, 2.05) is 6.92 Å². The van der Waals surface area contributed by atoms with Gasteiger partial charge in [0.25, 0.3) is 0 Å². The number of fused-ring (bicyclic) bond motifs is 1. The highest BCUT2D eigenvalue weighted by Gasteiger charge is 2.12. The summed E-state index contributed by atoms with van der Waals surface area (Å²) >= 11 is 0. The number of aryl methyl sites for hydroxylation is 1. The Labute approximate surface area is 120 Å². The monoisotopic (exact) mass is 270 g/mol. The van der Waals surface area contributed by atoms with E-state index in [-0.39, 0.29) is 0 Å². The average Bonchev–Trinajstić information content (AvgIpc) is 2.51.